The zero-order valence-electron chi connectivity index (χ0n) is 9.92. The second kappa shape index (κ2) is 6.40. The summed E-state index contributed by atoms with van der Waals surface area (Å²) in [5.41, 5.74) is 0. The highest BCUT2D eigenvalue weighted by Crippen LogP contribution is 2.35. The van der Waals surface area contributed by atoms with E-state index in [1.807, 2.05) is 13.8 Å². The van der Waals surface area contributed by atoms with E-state index in [4.69, 9.17) is 9.47 Å². The Bertz CT molecular complexity index is 416. The molecule has 0 heterocycles. The fourth-order valence-electron chi connectivity index (χ4n) is 1.09. The summed E-state index contributed by atoms with van der Waals surface area (Å²) in [7, 11) is 1.59. The van der Waals surface area contributed by atoms with Gasteiger partial charge in [0.15, 0.2) is 5.78 Å². The quantitative estimate of drug-likeness (QED) is 0.795. The minimum Gasteiger partial charge on any atom is -0.496 e. The SMILES string of the molecule is COc1cc(Br)c(OCC(=O)C(C)C)cc1Br. The van der Waals surface area contributed by atoms with Crippen LogP contribution in [0.25, 0.3) is 0 Å². The Morgan fingerprint density at radius 3 is 2.29 bits per heavy atom. The zero-order chi connectivity index (χ0) is 13.0. The minimum atomic E-state index is -0.0181. The number of Topliss-reactive ketones (excluding diaryl/α,β-unsaturated/α-hetero) is 1. The van der Waals surface area contributed by atoms with Gasteiger partial charge in [0.25, 0.3) is 0 Å². The second-order valence-electron chi connectivity index (χ2n) is 3.83. The number of halogens is 2. The number of benzene rings is 1. The maximum absolute atomic E-state index is 11.5. The van der Waals surface area contributed by atoms with Crippen molar-refractivity contribution in [3.63, 3.8) is 0 Å². The highest BCUT2D eigenvalue weighted by molar-refractivity contribution is 9.11. The molecule has 5 heteroatoms. The fourth-order valence-corrected chi connectivity index (χ4v) is 2.01. The first-order valence-corrected chi connectivity index (χ1v) is 6.72. The smallest absolute Gasteiger partial charge is 0.172 e. The van der Waals surface area contributed by atoms with E-state index in [-0.39, 0.29) is 18.3 Å². The Kier molecular flexibility index (Phi) is 5.46. The second-order valence-corrected chi connectivity index (χ2v) is 5.54. The molecule has 0 saturated carbocycles. The molecule has 0 aliphatic rings. The zero-order valence-corrected chi connectivity index (χ0v) is 13.1. The molecule has 0 amide bonds. The summed E-state index contributed by atoms with van der Waals surface area (Å²) >= 11 is 6.74. The van der Waals surface area contributed by atoms with Crippen molar-refractivity contribution < 1.29 is 14.3 Å². The first kappa shape index (κ1) is 14.5. The number of methoxy groups -OCH3 is 1. The van der Waals surface area contributed by atoms with Gasteiger partial charge in [-0.25, -0.2) is 0 Å². The van der Waals surface area contributed by atoms with Crippen LogP contribution in [0.5, 0.6) is 11.5 Å². The highest BCUT2D eigenvalue weighted by Gasteiger charge is 2.12. The van der Waals surface area contributed by atoms with Crippen molar-refractivity contribution in [1.82, 2.24) is 0 Å². The Balaban J connectivity index is 2.79. The van der Waals surface area contributed by atoms with Crippen molar-refractivity contribution in [3.05, 3.63) is 21.1 Å². The molecule has 0 saturated heterocycles. The van der Waals surface area contributed by atoms with Crippen molar-refractivity contribution in [2.45, 2.75) is 13.8 Å². The molecule has 0 unspecified atom stereocenters. The molecule has 0 N–H and O–H groups in total. The van der Waals surface area contributed by atoms with Crippen molar-refractivity contribution in [3.8, 4) is 11.5 Å². The molecule has 3 nitrogen and oxygen atoms in total. The number of carbonyl (C=O) groups is 1. The number of rotatable bonds is 5. The van der Waals surface area contributed by atoms with Crippen LogP contribution in [-0.4, -0.2) is 19.5 Å². The largest absolute Gasteiger partial charge is 0.496 e. The molecule has 1 rings (SSSR count). The molecule has 17 heavy (non-hydrogen) atoms. The van der Waals surface area contributed by atoms with E-state index in [2.05, 4.69) is 31.9 Å². The molecule has 1 aromatic carbocycles. The summed E-state index contributed by atoms with van der Waals surface area (Å²) in [4.78, 5) is 11.5. The van der Waals surface area contributed by atoms with Crippen molar-refractivity contribution in [2.75, 3.05) is 13.7 Å². The fraction of sp³-hybridized carbons (Fsp3) is 0.417. The van der Waals surface area contributed by atoms with Gasteiger partial charge in [0.05, 0.1) is 16.1 Å². The average molecular weight is 366 g/mol. The van der Waals surface area contributed by atoms with Crippen LogP contribution < -0.4 is 9.47 Å². The number of hydrogen-bond donors (Lipinski definition) is 0. The van der Waals surface area contributed by atoms with Crippen LogP contribution in [0.1, 0.15) is 13.8 Å². The van der Waals surface area contributed by atoms with E-state index in [9.17, 15) is 4.79 Å². The van der Waals surface area contributed by atoms with Crippen LogP contribution in [-0.2, 0) is 4.79 Å². The predicted octanol–water partition coefficient (Wildman–Crippen LogP) is 3.82. The third kappa shape index (κ3) is 4.00. The van der Waals surface area contributed by atoms with Crippen LogP contribution in [0.15, 0.2) is 21.1 Å². The molecule has 0 radical (unpaired) electrons. The summed E-state index contributed by atoms with van der Waals surface area (Å²) in [5.74, 6) is 1.38. The molecule has 1 aromatic rings. The van der Waals surface area contributed by atoms with E-state index in [1.165, 1.54) is 0 Å². The lowest BCUT2D eigenvalue weighted by molar-refractivity contribution is -0.123. The maximum atomic E-state index is 11.5. The summed E-state index contributed by atoms with van der Waals surface area (Å²) in [6, 6.07) is 3.57. The average Bonchev–Trinajstić information content (AvgIpc) is 2.29. The number of carbonyl (C=O) groups excluding carboxylic acids is 1. The summed E-state index contributed by atoms with van der Waals surface area (Å²) < 4.78 is 12.1. The molecule has 0 atom stereocenters. The van der Waals surface area contributed by atoms with Crippen LogP contribution in [0, 0.1) is 5.92 Å². The molecule has 0 spiro atoms. The van der Waals surface area contributed by atoms with Crippen molar-refractivity contribution in [1.29, 1.82) is 0 Å². The lowest BCUT2D eigenvalue weighted by Crippen LogP contribution is -2.16. The molecule has 0 aromatic heterocycles. The molecular formula is C12H14Br2O3. The Morgan fingerprint density at radius 1 is 1.24 bits per heavy atom. The van der Waals surface area contributed by atoms with E-state index in [0.717, 1.165) is 8.95 Å². The third-order valence-corrected chi connectivity index (χ3v) is 3.46. The van der Waals surface area contributed by atoms with Gasteiger partial charge in [-0.15, -0.1) is 0 Å². The number of ether oxygens (including phenoxy) is 2. The Morgan fingerprint density at radius 2 is 1.76 bits per heavy atom. The Hall–Kier alpha value is -0.550. The van der Waals surface area contributed by atoms with Gasteiger partial charge < -0.3 is 9.47 Å². The third-order valence-electron chi connectivity index (χ3n) is 2.22. The predicted molar refractivity (Wildman–Crippen MR) is 73.7 cm³/mol. The van der Waals surface area contributed by atoms with E-state index in [1.54, 1.807) is 19.2 Å². The lowest BCUT2D eigenvalue weighted by Gasteiger charge is -2.11. The molecule has 0 aliphatic heterocycles. The summed E-state index contributed by atoms with van der Waals surface area (Å²) in [5, 5.41) is 0. The maximum Gasteiger partial charge on any atom is 0.172 e. The van der Waals surface area contributed by atoms with E-state index < -0.39 is 0 Å². The first-order valence-electron chi connectivity index (χ1n) is 5.14. The molecule has 0 fully saturated rings. The first-order chi connectivity index (χ1) is 7.95. The highest BCUT2D eigenvalue weighted by atomic mass is 79.9. The van der Waals surface area contributed by atoms with Crippen LogP contribution in [0.4, 0.5) is 0 Å². The van der Waals surface area contributed by atoms with Gasteiger partial charge in [0, 0.05) is 5.92 Å². The van der Waals surface area contributed by atoms with Gasteiger partial charge >= 0.3 is 0 Å². The van der Waals surface area contributed by atoms with Crippen molar-refractivity contribution >= 4 is 37.6 Å². The summed E-state index contributed by atoms with van der Waals surface area (Å²) in [6.07, 6.45) is 0. The molecular weight excluding hydrogens is 352 g/mol. The molecule has 94 valence electrons. The van der Waals surface area contributed by atoms with Gasteiger partial charge in [-0.2, -0.15) is 0 Å². The van der Waals surface area contributed by atoms with Gasteiger partial charge in [-0.1, -0.05) is 13.8 Å². The lowest BCUT2D eigenvalue weighted by atomic mass is 10.1. The van der Waals surface area contributed by atoms with Gasteiger partial charge in [-0.3, -0.25) is 4.79 Å². The minimum absolute atomic E-state index is 0.0181. The Labute approximate surface area is 118 Å². The van der Waals surface area contributed by atoms with Gasteiger partial charge in [0.1, 0.15) is 18.1 Å². The van der Waals surface area contributed by atoms with Gasteiger partial charge in [0.2, 0.25) is 0 Å². The molecule has 0 bridgehead atoms. The normalized spacial score (nSPS) is 10.5. The van der Waals surface area contributed by atoms with Crippen LogP contribution >= 0.6 is 31.9 Å². The van der Waals surface area contributed by atoms with Crippen LogP contribution in [0.3, 0.4) is 0 Å². The topological polar surface area (TPSA) is 35.5 Å². The monoisotopic (exact) mass is 364 g/mol. The number of ketones is 1. The van der Waals surface area contributed by atoms with E-state index >= 15 is 0 Å². The standard InChI is InChI=1S/C12H14Br2O3/c1-7(2)10(15)6-17-12-5-8(13)11(16-3)4-9(12)14/h4-5,7H,6H2,1-3H3. The van der Waals surface area contributed by atoms with Gasteiger partial charge in [-0.05, 0) is 44.0 Å². The van der Waals surface area contributed by atoms with Crippen LogP contribution in [0.2, 0.25) is 0 Å². The number of hydrogen-bond acceptors (Lipinski definition) is 3. The van der Waals surface area contributed by atoms with E-state index in [0.29, 0.717) is 11.5 Å². The van der Waals surface area contributed by atoms with Crippen molar-refractivity contribution in [2.24, 2.45) is 5.92 Å². The molecule has 0 aliphatic carbocycles. The summed E-state index contributed by atoms with van der Waals surface area (Å²) in [6.45, 7) is 3.78.